The number of rotatable bonds is 8. The van der Waals surface area contributed by atoms with Crippen LogP contribution in [0, 0.1) is 5.92 Å². The molecule has 1 aliphatic carbocycles. The molecule has 3 N–H and O–H groups in total. The van der Waals surface area contributed by atoms with Crippen molar-refractivity contribution in [1.29, 1.82) is 0 Å². The molecule has 2 heterocycles. The van der Waals surface area contributed by atoms with E-state index in [1.165, 1.54) is 6.20 Å². The van der Waals surface area contributed by atoms with Gasteiger partial charge in [0, 0.05) is 29.4 Å². The Morgan fingerprint density at radius 1 is 1.06 bits per heavy atom. The average molecular weight is 418 g/mol. The number of benzene rings is 1. The van der Waals surface area contributed by atoms with Crippen molar-refractivity contribution in [3.05, 3.63) is 66.6 Å². The molecule has 158 valence electrons. The number of hydrogen-bond donors (Lipinski definition) is 3. The molecule has 2 aromatic heterocycles. The molecule has 0 unspecified atom stereocenters. The van der Waals surface area contributed by atoms with Gasteiger partial charge in [-0.2, -0.15) is 0 Å². The van der Waals surface area contributed by atoms with Gasteiger partial charge in [-0.05, 0) is 48.7 Å². The minimum absolute atomic E-state index is 0.0523. The van der Waals surface area contributed by atoms with E-state index in [4.69, 9.17) is 9.84 Å². The topological polar surface area (TPSA) is 113 Å². The maximum absolute atomic E-state index is 12.8. The van der Waals surface area contributed by atoms with Crippen LogP contribution in [0.2, 0.25) is 0 Å². The lowest BCUT2D eigenvalue weighted by Gasteiger charge is -2.12. The van der Waals surface area contributed by atoms with Gasteiger partial charge < -0.3 is 20.5 Å². The zero-order valence-corrected chi connectivity index (χ0v) is 16.7. The zero-order chi connectivity index (χ0) is 21.6. The summed E-state index contributed by atoms with van der Waals surface area (Å²) >= 11 is 0. The number of nitrogens with zero attached hydrogens (tertiary/aromatic N) is 2. The van der Waals surface area contributed by atoms with Gasteiger partial charge in [0.1, 0.15) is 18.2 Å². The summed E-state index contributed by atoms with van der Waals surface area (Å²) in [7, 11) is 0. The van der Waals surface area contributed by atoms with Crippen molar-refractivity contribution >= 4 is 23.3 Å². The summed E-state index contributed by atoms with van der Waals surface area (Å²) in [5.41, 5.74) is 2.61. The molecule has 1 aliphatic rings. The van der Waals surface area contributed by atoms with E-state index in [0.29, 0.717) is 22.8 Å². The van der Waals surface area contributed by atoms with Crippen LogP contribution >= 0.6 is 0 Å². The van der Waals surface area contributed by atoms with Crippen LogP contribution in [-0.4, -0.2) is 40.1 Å². The van der Waals surface area contributed by atoms with E-state index in [2.05, 4.69) is 20.6 Å². The molecule has 8 heteroatoms. The van der Waals surface area contributed by atoms with E-state index >= 15 is 0 Å². The minimum Gasteiger partial charge on any atom is -0.491 e. The van der Waals surface area contributed by atoms with Gasteiger partial charge in [0.15, 0.2) is 0 Å². The summed E-state index contributed by atoms with van der Waals surface area (Å²) in [4.78, 5) is 33.0. The molecule has 8 nitrogen and oxygen atoms in total. The number of aliphatic hydroxyl groups excluding tert-OH is 1. The second-order valence-corrected chi connectivity index (χ2v) is 7.17. The van der Waals surface area contributed by atoms with Gasteiger partial charge in [-0.25, -0.2) is 4.98 Å². The molecule has 0 spiro atoms. The summed E-state index contributed by atoms with van der Waals surface area (Å²) in [6.45, 7) is 0.175. The fourth-order valence-electron chi connectivity index (χ4n) is 3.05. The average Bonchev–Trinajstić information content (AvgIpc) is 3.64. The molecular weight excluding hydrogens is 396 g/mol. The van der Waals surface area contributed by atoms with Gasteiger partial charge in [0.25, 0.3) is 5.91 Å². The highest BCUT2D eigenvalue weighted by atomic mass is 16.5. The van der Waals surface area contributed by atoms with E-state index in [-0.39, 0.29) is 30.9 Å². The molecular formula is C23H22N4O4. The van der Waals surface area contributed by atoms with Crippen LogP contribution in [0.5, 0.6) is 5.75 Å². The number of amides is 2. The Hall–Kier alpha value is -3.78. The number of carbonyl (C=O) groups is 2. The van der Waals surface area contributed by atoms with Crippen LogP contribution in [0.1, 0.15) is 23.2 Å². The molecule has 1 aromatic carbocycles. The molecule has 1 fully saturated rings. The van der Waals surface area contributed by atoms with Crippen LogP contribution in [-0.2, 0) is 4.79 Å². The monoisotopic (exact) mass is 418 g/mol. The summed E-state index contributed by atoms with van der Waals surface area (Å²) in [5.74, 6) is 0.662. The van der Waals surface area contributed by atoms with Gasteiger partial charge in [0.05, 0.1) is 18.5 Å². The summed E-state index contributed by atoms with van der Waals surface area (Å²) in [6.07, 6.45) is 6.51. The van der Waals surface area contributed by atoms with Crippen molar-refractivity contribution < 1.29 is 19.4 Å². The van der Waals surface area contributed by atoms with Gasteiger partial charge in [-0.1, -0.05) is 12.1 Å². The number of anilines is 2. The molecule has 3 aromatic rings. The third-order valence-corrected chi connectivity index (χ3v) is 4.82. The lowest BCUT2D eigenvalue weighted by Crippen LogP contribution is -2.16. The predicted molar refractivity (Wildman–Crippen MR) is 116 cm³/mol. The highest BCUT2D eigenvalue weighted by Gasteiger charge is 2.29. The molecule has 0 radical (unpaired) electrons. The first kappa shape index (κ1) is 20.5. The summed E-state index contributed by atoms with van der Waals surface area (Å²) < 4.78 is 5.39. The number of nitrogens with one attached hydrogen (secondary N) is 2. The molecule has 2 amide bonds. The fraction of sp³-hybridized carbons (Fsp3) is 0.217. The van der Waals surface area contributed by atoms with Crippen LogP contribution in [0.15, 0.2) is 61.1 Å². The minimum atomic E-state index is -0.332. The SMILES string of the molecule is O=C(Nc1cnccc1-c1ccc(OCCO)cc1)c1ccnc(NC(=O)C2CC2)c1. The smallest absolute Gasteiger partial charge is 0.255 e. The quantitative estimate of drug-likeness (QED) is 0.518. The molecule has 0 saturated heterocycles. The van der Waals surface area contributed by atoms with E-state index in [9.17, 15) is 9.59 Å². The van der Waals surface area contributed by atoms with Crippen molar-refractivity contribution in [3.8, 4) is 16.9 Å². The van der Waals surface area contributed by atoms with Crippen molar-refractivity contribution in [1.82, 2.24) is 9.97 Å². The van der Waals surface area contributed by atoms with E-state index < -0.39 is 0 Å². The Balaban J connectivity index is 1.49. The third-order valence-electron chi connectivity index (χ3n) is 4.82. The fourth-order valence-corrected chi connectivity index (χ4v) is 3.05. The van der Waals surface area contributed by atoms with Crippen molar-refractivity contribution in [2.75, 3.05) is 23.8 Å². The normalized spacial score (nSPS) is 12.8. The second kappa shape index (κ2) is 9.36. The molecule has 0 atom stereocenters. The third kappa shape index (κ3) is 5.23. The molecule has 31 heavy (non-hydrogen) atoms. The largest absolute Gasteiger partial charge is 0.491 e. The second-order valence-electron chi connectivity index (χ2n) is 7.17. The maximum atomic E-state index is 12.8. The number of ether oxygens (including phenoxy) is 1. The van der Waals surface area contributed by atoms with Crippen molar-refractivity contribution in [3.63, 3.8) is 0 Å². The van der Waals surface area contributed by atoms with Crippen LogP contribution in [0.3, 0.4) is 0 Å². The van der Waals surface area contributed by atoms with Gasteiger partial charge in [-0.3, -0.25) is 14.6 Å². The first-order chi connectivity index (χ1) is 15.1. The lowest BCUT2D eigenvalue weighted by atomic mass is 10.0. The number of carbonyl (C=O) groups excluding carboxylic acids is 2. The molecule has 0 aliphatic heterocycles. The number of aromatic nitrogens is 2. The predicted octanol–water partition coefficient (Wildman–Crippen LogP) is 3.12. The van der Waals surface area contributed by atoms with Crippen LogP contribution in [0.25, 0.3) is 11.1 Å². The van der Waals surface area contributed by atoms with Crippen molar-refractivity contribution in [2.45, 2.75) is 12.8 Å². The van der Waals surface area contributed by atoms with E-state index in [0.717, 1.165) is 24.0 Å². The lowest BCUT2D eigenvalue weighted by molar-refractivity contribution is -0.117. The Labute approximate surface area is 179 Å². The van der Waals surface area contributed by atoms with E-state index in [1.54, 1.807) is 36.7 Å². The standard InChI is InChI=1S/C23H22N4O4/c28-11-12-31-18-5-3-15(4-6-18)19-8-9-24-14-20(19)26-23(30)17-7-10-25-21(13-17)27-22(29)16-1-2-16/h3-10,13-14,16,28H,1-2,11-12H2,(H,26,30)(H,25,27,29). The van der Waals surface area contributed by atoms with Gasteiger partial charge in [-0.15, -0.1) is 0 Å². The van der Waals surface area contributed by atoms with Crippen molar-refractivity contribution in [2.24, 2.45) is 5.92 Å². The number of pyridine rings is 2. The van der Waals surface area contributed by atoms with Crippen LogP contribution in [0.4, 0.5) is 11.5 Å². The highest BCUT2D eigenvalue weighted by molar-refractivity contribution is 6.07. The molecule has 0 bridgehead atoms. The maximum Gasteiger partial charge on any atom is 0.255 e. The van der Waals surface area contributed by atoms with Crippen LogP contribution < -0.4 is 15.4 Å². The summed E-state index contributed by atoms with van der Waals surface area (Å²) in [6, 6.07) is 12.3. The zero-order valence-electron chi connectivity index (χ0n) is 16.7. The Morgan fingerprint density at radius 3 is 2.61 bits per heavy atom. The molecule has 4 rings (SSSR count). The Kier molecular flexibility index (Phi) is 6.18. The first-order valence-electron chi connectivity index (χ1n) is 10.0. The highest BCUT2D eigenvalue weighted by Crippen LogP contribution is 2.30. The van der Waals surface area contributed by atoms with E-state index in [1.807, 2.05) is 18.2 Å². The Morgan fingerprint density at radius 2 is 1.87 bits per heavy atom. The van der Waals surface area contributed by atoms with Gasteiger partial charge >= 0.3 is 0 Å². The Bertz CT molecular complexity index is 1080. The number of hydrogen-bond acceptors (Lipinski definition) is 6. The molecule has 1 saturated carbocycles. The first-order valence-corrected chi connectivity index (χ1v) is 10.0. The summed E-state index contributed by atoms with van der Waals surface area (Å²) in [5, 5.41) is 14.5. The van der Waals surface area contributed by atoms with Gasteiger partial charge in [0.2, 0.25) is 5.91 Å². The number of aliphatic hydroxyl groups is 1.